The smallest absolute Gasteiger partial charge is 0.422 e. The second-order valence-electron chi connectivity index (χ2n) is 10.8. The number of alkyl halides is 10. The van der Waals surface area contributed by atoms with Gasteiger partial charge in [0.25, 0.3) is 0 Å². The van der Waals surface area contributed by atoms with Gasteiger partial charge < -0.3 is 23.7 Å². The van der Waals surface area contributed by atoms with E-state index in [1.807, 2.05) is 0 Å². The molecule has 0 spiro atoms. The van der Waals surface area contributed by atoms with Crippen molar-refractivity contribution in [3.63, 3.8) is 0 Å². The number of ether oxygens (including phenoxy) is 5. The van der Waals surface area contributed by atoms with Crippen LogP contribution in [0, 0.1) is 5.92 Å². The van der Waals surface area contributed by atoms with Crippen LogP contribution in [0.4, 0.5) is 43.9 Å². The predicted octanol–water partition coefficient (Wildman–Crippen LogP) is 5.24. The molecule has 45 heavy (non-hydrogen) atoms. The summed E-state index contributed by atoms with van der Waals surface area (Å²) >= 11 is 0. The van der Waals surface area contributed by atoms with Gasteiger partial charge in [0.15, 0.2) is 19.1 Å². The predicted molar refractivity (Wildman–Crippen MR) is 127 cm³/mol. The third-order valence-electron chi connectivity index (χ3n) is 5.45. The van der Waals surface area contributed by atoms with E-state index in [0.717, 1.165) is 34.6 Å². The maximum Gasteiger partial charge on any atom is 0.422 e. The van der Waals surface area contributed by atoms with Crippen molar-refractivity contribution >= 4 is 29.8 Å². The first kappa shape index (κ1) is 41.7. The van der Waals surface area contributed by atoms with Crippen LogP contribution in [0.25, 0.3) is 0 Å². The number of carbonyl (C=O) groups is 5. The van der Waals surface area contributed by atoms with E-state index in [4.69, 9.17) is 9.47 Å². The topological polar surface area (TPSA) is 132 Å². The van der Waals surface area contributed by atoms with E-state index < -0.39 is 123 Å². The third-order valence-corrected chi connectivity index (χ3v) is 5.45. The van der Waals surface area contributed by atoms with E-state index in [-0.39, 0.29) is 0 Å². The van der Waals surface area contributed by atoms with Crippen molar-refractivity contribution in [1.29, 1.82) is 0 Å². The van der Waals surface area contributed by atoms with Crippen LogP contribution in [0.5, 0.6) is 0 Å². The molecule has 0 unspecified atom stereocenters. The highest BCUT2D eigenvalue weighted by molar-refractivity contribution is 5.95. The van der Waals surface area contributed by atoms with Crippen molar-refractivity contribution in [3.05, 3.63) is 0 Å². The molecule has 0 aliphatic heterocycles. The summed E-state index contributed by atoms with van der Waals surface area (Å²) in [6.07, 6.45) is -15.4. The number of halogens is 10. The normalized spacial score (nSPS) is 13.2. The maximum atomic E-state index is 14.0. The molecule has 262 valence electrons. The first-order valence-corrected chi connectivity index (χ1v) is 12.8. The summed E-state index contributed by atoms with van der Waals surface area (Å²) in [7, 11) is 0. The third kappa shape index (κ3) is 17.7. The lowest BCUT2D eigenvalue weighted by Gasteiger charge is -2.31. The zero-order valence-electron chi connectivity index (χ0n) is 24.6. The van der Waals surface area contributed by atoms with Gasteiger partial charge in [0.05, 0.1) is 6.61 Å². The van der Waals surface area contributed by atoms with Crippen LogP contribution in [0.1, 0.15) is 66.7 Å². The Labute approximate surface area is 250 Å². The number of rotatable bonds is 17. The quantitative estimate of drug-likeness (QED) is 0.0869. The Morgan fingerprint density at radius 2 is 0.889 bits per heavy atom. The lowest BCUT2D eigenvalue weighted by Crippen LogP contribution is -2.41. The summed E-state index contributed by atoms with van der Waals surface area (Å²) in [4.78, 5) is 59.6. The zero-order chi connectivity index (χ0) is 35.7. The van der Waals surface area contributed by atoms with E-state index in [2.05, 4.69) is 14.2 Å². The summed E-state index contributed by atoms with van der Waals surface area (Å²) in [5, 5.41) is 0. The van der Waals surface area contributed by atoms with Gasteiger partial charge in [-0.25, -0.2) is 9.59 Å². The van der Waals surface area contributed by atoms with Gasteiger partial charge in [0, 0.05) is 26.2 Å². The Balaban J connectivity index is 5.53. The minimum absolute atomic E-state index is 0.600. The highest BCUT2D eigenvalue weighted by Crippen LogP contribution is 2.32. The van der Waals surface area contributed by atoms with Crippen molar-refractivity contribution in [1.82, 2.24) is 0 Å². The standard InChI is InChI=1S/C25H32F10O10/c1-14(36)41-11-6-15(16(37)44-20(2,3)7-9-22(26,27)18(39)42-12-24(30,31)32)17(38)45-21(4,5)8-10-23(28,29)19(40)43-13-25(33,34)35/h15H,6-13H2,1-5H3. The Bertz CT molecular complexity index is 980. The number of hydrogen-bond donors (Lipinski definition) is 0. The van der Waals surface area contributed by atoms with Crippen molar-refractivity contribution in [2.24, 2.45) is 5.92 Å². The average Bonchev–Trinajstić information content (AvgIpc) is 2.84. The van der Waals surface area contributed by atoms with E-state index in [0.29, 0.717) is 0 Å². The Morgan fingerprint density at radius 3 is 1.18 bits per heavy atom. The monoisotopic (exact) mass is 682 g/mol. The molecular weight excluding hydrogens is 650 g/mol. The molecule has 0 saturated carbocycles. The molecule has 10 nitrogen and oxygen atoms in total. The van der Waals surface area contributed by atoms with Crippen LogP contribution in [0.15, 0.2) is 0 Å². The zero-order valence-corrected chi connectivity index (χ0v) is 24.6. The lowest BCUT2D eigenvalue weighted by molar-refractivity contribution is -0.205. The molecule has 0 aliphatic carbocycles. The van der Waals surface area contributed by atoms with Gasteiger partial charge >= 0.3 is 54.0 Å². The van der Waals surface area contributed by atoms with E-state index in [9.17, 15) is 67.9 Å². The summed E-state index contributed by atoms with van der Waals surface area (Å²) in [6, 6.07) is 0. The summed E-state index contributed by atoms with van der Waals surface area (Å²) in [5.74, 6) is -19.6. The molecule has 0 aromatic heterocycles. The van der Waals surface area contributed by atoms with Crippen LogP contribution in [0.2, 0.25) is 0 Å². The van der Waals surface area contributed by atoms with Crippen LogP contribution in [-0.2, 0) is 47.7 Å². The Morgan fingerprint density at radius 1 is 0.556 bits per heavy atom. The van der Waals surface area contributed by atoms with Gasteiger partial charge in [-0.3, -0.25) is 14.4 Å². The molecule has 20 heteroatoms. The number of carbonyl (C=O) groups excluding carboxylic acids is 5. The fourth-order valence-corrected chi connectivity index (χ4v) is 3.07. The molecule has 0 heterocycles. The highest BCUT2D eigenvalue weighted by atomic mass is 19.4. The van der Waals surface area contributed by atoms with E-state index >= 15 is 0 Å². The molecule has 0 atom stereocenters. The van der Waals surface area contributed by atoms with Crippen molar-refractivity contribution < 1.29 is 91.6 Å². The molecule has 0 saturated heterocycles. The average molecular weight is 683 g/mol. The maximum absolute atomic E-state index is 14.0. The molecular formula is C25H32F10O10. The molecule has 0 aromatic rings. The Kier molecular flexibility index (Phi) is 14.6. The van der Waals surface area contributed by atoms with E-state index in [1.54, 1.807) is 0 Å². The first-order chi connectivity index (χ1) is 20.0. The van der Waals surface area contributed by atoms with E-state index in [1.165, 1.54) is 0 Å². The van der Waals surface area contributed by atoms with Crippen molar-refractivity contribution in [2.45, 2.75) is 102 Å². The number of esters is 5. The lowest BCUT2D eigenvalue weighted by atomic mass is 9.97. The van der Waals surface area contributed by atoms with Crippen LogP contribution in [-0.4, -0.2) is 85.1 Å². The fourth-order valence-electron chi connectivity index (χ4n) is 3.07. The SMILES string of the molecule is CC(=O)OCCC(C(=O)OC(C)(C)CCC(F)(F)C(=O)OCC(F)(F)F)C(=O)OC(C)(C)CCC(F)(F)C(=O)OCC(F)(F)F. The summed E-state index contributed by atoms with van der Waals surface area (Å²) in [6.45, 7) is -0.0133. The summed E-state index contributed by atoms with van der Waals surface area (Å²) < 4.78 is 151. The fraction of sp³-hybridized carbons (Fsp3) is 0.800. The minimum Gasteiger partial charge on any atom is -0.466 e. The second-order valence-corrected chi connectivity index (χ2v) is 10.8. The Hall–Kier alpha value is -3.35. The van der Waals surface area contributed by atoms with Gasteiger partial charge in [-0.05, 0) is 40.5 Å². The number of hydrogen-bond acceptors (Lipinski definition) is 10. The molecule has 0 radical (unpaired) electrons. The minimum atomic E-state index is -5.08. The van der Waals surface area contributed by atoms with Gasteiger partial charge in [0.2, 0.25) is 0 Å². The van der Waals surface area contributed by atoms with Gasteiger partial charge in [-0.2, -0.15) is 43.9 Å². The molecule has 0 bridgehead atoms. The van der Waals surface area contributed by atoms with Crippen LogP contribution >= 0.6 is 0 Å². The molecule has 0 aromatic carbocycles. The highest BCUT2D eigenvalue weighted by Gasteiger charge is 2.46. The molecule has 0 aliphatic rings. The van der Waals surface area contributed by atoms with Gasteiger partial charge in [0.1, 0.15) is 11.2 Å². The molecule has 0 fully saturated rings. The van der Waals surface area contributed by atoms with Crippen molar-refractivity contribution in [3.8, 4) is 0 Å². The van der Waals surface area contributed by atoms with Crippen LogP contribution in [0.3, 0.4) is 0 Å². The van der Waals surface area contributed by atoms with Crippen molar-refractivity contribution in [2.75, 3.05) is 19.8 Å². The largest absolute Gasteiger partial charge is 0.466 e. The van der Waals surface area contributed by atoms with Gasteiger partial charge in [-0.1, -0.05) is 0 Å². The molecule has 0 rings (SSSR count). The van der Waals surface area contributed by atoms with Gasteiger partial charge in [-0.15, -0.1) is 0 Å². The second kappa shape index (κ2) is 15.8. The molecule has 0 amide bonds. The molecule has 0 N–H and O–H groups in total. The summed E-state index contributed by atoms with van der Waals surface area (Å²) in [5.41, 5.74) is -3.81. The first-order valence-electron chi connectivity index (χ1n) is 12.8. The van der Waals surface area contributed by atoms with Crippen LogP contribution < -0.4 is 0 Å².